The Morgan fingerprint density at radius 1 is 1.17 bits per heavy atom. The highest BCUT2D eigenvalue weighted by atomic mass is 79.9. The van der Waals surface area contributed by atoms with Crippen molar-refractivity contribution in [2.75, 3.05) is 17.7 Å². The predicted octanol–water partition coefficient (Wildman–Crippen LogP) is 3.24. The number of nitrogens with two attached hydrogens (primary N) is 1. The molecule has 0 heterocycles. The first-order valence-electron chi connectivity index (χ1n) is 4.63. The number of carboxylic acid groups (broad SMARTS) is 1. The van der Waals surface area contributed by atoms with Crippen molar-refractivity contribution in [1.82, 2.24) is 0 Å². The van der Waals surface area contributed by atoms with E-state index in [4.69, 9.17) is 5.73 Å². The molecule has 0 bridgehead atoms. The number of hydrogen-bond donors (Lipinski definition) is 2. The first-order chi connectivity index (χ1) is 8.20. The van der Waals surface area contributed by atoms with Gasteiger partial charge < -0.3 is 15.7 Å². The smallest absolute Gasteiger partial charge is 0.338 e. The van der Waals surface area contributed by atoms with Gasteiger partial charge in [-0.2, -0.15) is 0 Å². The van der Waals surface area contributed by atoms with Gasteiger partial charge in [-0.3, -0.25) is 4.79 Å². The molecule has 0 aliphatic carbocycles. The van der Waals surface area contributed by atoms with Gasteiger partial charge in [0.05, 0.1) is 30.4 Å². The highest BCUT2D eigenvalue weighted by molar-refractivity contribution is 9.12. The fourth-order valence-corrected chi connectivity index (χ4v) is 4.17. The van der Waals surface area contributed by atoms with Crippen molar-refractivity contribution in [2.45, 2.75) is 6.92 Å². The highest BCUT2D eigenvalue weighted by Gasteiger charge is 2.25. The summed E-state index contributed by atoms with van der Waals surface area (Å²) in [5.74, 6) is -1.39. The van der Waals surface area contributed by atoms with Crippen LogP contribution in [0.5, 0.6) is 0 Å². The molecule has 8 heteroatoms. The Bertz CT molecular complexity index is 546. The number of amides is 1. The molecule has 0 radical (unpaired) electrons. The van der Waals surface area contributed by atoms with Crippen molar-refractivity contribution in [2.24, 2.45) is 0 Å². The molecule has 0 aromatic heterocycles. The second-order valence-electron chi connectivity index (χ2n) is 3.46. The van der Waals surface area contributed by atoms with Crippen LogP contribution in [-0.4, -0.2) is 24.0 Å². The molecule has 1 aromatic rings. The lowest BCUT2D eigenvalue weighted by molar-refractivity contribution is -0.116. The molecule has 0 spiro atoms. The van der Waals surface area contributed by atoms with Gasteiger partial charge in [0.2, 0.25) is 5.91 Å². The molecule has 0 unspecified atom stereocenters. The first-order valence-corrected chi connectivity index (χ1v) is 7.01. The number of halogens is 3. The third-order valence-corrected chi connectivity index (χ3v) is 4.75. The van der Waals surface area contributed by atoms with Crippen molar-refractivity contribution < 1.29 is 14.7 Å². The Morgan fingerprint density at radius 2 is 1.67 bits per heavy atom. The van der Waals surface area contributed by atoms with E-state index in [0.717, 1.165) is 0 Å². The van der Waals surface area contributed by atoms with Crippen LogP contribution in [0.2, 0.25) is 0 Å². The fraction of sp³-hybridized carbons (Fsp3) is 0.200. The third-order valence-electron chi connectivity index (χ3n) is 2.35. The molecular formula is C10H9Br3N2O3. The maximum atomic E-state index is 11.4. The van der Waals surface area contributed by atoms with Crippen molar-refractivity contribution in [3.8, 4) is 0 Å². The lowest BCUT2D eigenvalue weighted by Crippen LogP contribution is -2.25. The Kier molecular flexibility index (Phi) is 4.79. The Morgan fingerprint density at radius 3 is 2.06 bits per heavy atom. The molecule has 1 amide bonds. The number of anilines is 2. The molecule has 0 aliphatic rings. The van der Waals surface area contributed by atoms with Gasteiger partial charge in [0.15, 0.2) is 0 Å². The summed E-state index contributed by atoms with van der Waals surface area (Å²) in [4.78, 5) is 23.9. The molecule has 5 nitrogen and oxygen atoms in total. The average Bonchev–Trinajstić information content (AvgIpc) is 2.25. The van der Waals surface area contributed by atoms with E-state index in [1.807, 2.05) is 0 Å². The largest absolute Gasteiger partial charge is 0.478 e. The summed E-state index contributed by atoms with van der Waals surface area (Å²) >= 11 is 9.59. The van der Waals surface area contributed by atoms with Gasteiger partial charge in [0.25, 0.3) is 0 Å². The maximum Gasteiger partial charge on any atom is 0.338 e. The van der Waals surface area contributed by atoms with Gasteiger partial charge >= 0.3 is 5.97 Å². The lowest BCUT2D eigenvalue weighted by atomic mass is 10.1. The van der Waals surface area contributed by atoms with Crippen LogP contribution in [0, 0.1) is 0 Å². The molecule has 0 saturated carbocycles. The molecule has 1 aromatic carbocycles. The van der Waals surface area contributed by atoms with Crippen molar-refractivity contribution in [3.63, 3.8) is 0 Å². The Balaban J connectivity index is 3.73. The molecule has 18 heavy (non-hydrogen) atoms. The molecule has 0 atom stereocenters. The number of carbonyl (C=O) groups excluding carboxylic acids is 1. The predicted molar refractivity (Wildman–Crippen MR) is 80.0 cm³/mol. The Labute approximate surface area is 129 Å². The average molecular weight is 445 g/mol. The molecule has 1 rings (SSSR count). The number of hydrogen-bond acceptors (Lipinski definition) is 3. The standard InChI is InChI=1S/C10H9Br3N2O3/c1-3(16)15(2)9-6(12)4(10(17)18)5(11)8(14)7(9)13/h14H2,1-2H3,(H,17,18). The summed E-state index contributed by atoms with van der Waals surface area (Å²) in [5, 5.41) is 9.17. The monoisotopic (exact) mass is 442 g/mol. The number of rotatable bonds is 2. The van der Waals surface area contributed by atoms with Crippen LogP contribution in [0.4, 0.5) is 11.4 Å². The van der Waals surface area contributed by atoms with Gasteiger partial charge in [-0.1, -0.05) is 0 Å². The Hall–Kier alpha value is -0.600. The SMILES string of the molecule is CC(=O)N(C)c1c(Br)c(N)c(Br)c(C(=O)O)c1Br. The second kappa shape index (κ2) is 5.58. The van der Waals surface area contributed by atoms with E-state index in [1.54, 1.807) is 0 Å². The van der Waals surface area contributed by atoms with Crippen LogP contribution >= 0.6 is 47.8 Å². The number of benzene rings is 1. The minimum atomic E-state index is -1.15. The van der Waals surface area contributed by atoms with Gasteiger partial charge in [0, 0.05) is 14.0 Å². The normalized spacial score (nSPS) is 10.3. The van der Waals surface area contributed by atoms with Crippen LogP contribution < -0.4 is 10.6 Å². The third kappa shape index (κ3) is 2.55. The zero-order valence-electron chi connectivity index (χ0n) is 9.42. The zero-order chi connectivity index (χ0) is 14.2. The van der Waals surface area contributed by atoms with Crippen LogP contribution in [0.25, 0.3) is 0 Å². The minimum Gasteiger partial charge on any atom is -0.478 e. The van der Waals surface area contributed by atoms with Crippen molar-refractivity contribution in [3.05, 3.63) is 19.0 Å². The zero-order valence-corrected chi connectivity index (χ0v) is 14.2. The summed E-state index contributed by atoms with van der Waals surface area (Å²) in [6, 6.07) is 0. The minimum absolute atomic E-state index is 0.0289. The van der Waals surface area contributed by atoms with Crippen LogP contribution in [0.1, 0.15) is 17.3 Å². The first kappa shape index (κ1) is 15.5. The van der Waals surface area contributed by atoms with Gasteiger partial charge in [-0.15, -0.1) is 0 Å². The van der Waals surface area contributed by atoms with Crippen LogP contribution in [-0.2, 0) is 4.79 Å². The number of nitrogens with zero attached hydrogens (tertiary/aromatic N) is 1. The topological polar surface area (TPSA) is 83.6 Å². The number of aromatic carboxylic acids is 1. The van der Waals surface area contributed by atoms with Gasteiger partial charge in [0.1, 0.15) is 0 Å². The number of carboxylic acids is 1. The van der Waals surface area contributed by atoms with Crippen LogP contribution in [0.3, 0.4) is 0 Å². The fourth-order valence-electron chi connectivity index (χ4n) is 1.31. The number of nitrogen functional groups attached to an aromatic ring is 1. The quantitative estimate of drug-likeness (QED) is 0.686. The van der Waals surface area contributed by atoms with Crippen molar-refractivity contribution >= 4 is 71.0 Å². The molecule has 3 N–H and O–H groups in total. The summed E-state index contributed by atoms with van der Waals surface area (Å²) < 4.78 is 0.985. The molecular weight excluding hydrogens is 436 g/mol. The lowest BCUT2D eigenvalue weighted by Gasteiger charge is -2.22. The molecule has 0 fully saturated rings. The molecule has 0 aliphatic heterocycles. The summed E-state index contributed by atoms with van der Waals surface area (Å²) in [6.07, 6.45) is 0. The van der Waals surface area contributed by atoms with Crippen LogP contribution in [0.15, 0.2) is 13.4 Å². The summed E-state index contributed by atoms with van der Waals surface area (Å²) in [7, 11) is 1.53. The van der Waals surface area contributed by atoms with E-state index >= 15 is 0 Å². The van der Waals surface area contributed by atoms with E-state index in [2.05, 4.69) is 47.8 Å². The maximum absolute atomic E-state index is 11.4. The van der Waals surface area contributed by atoms with Crippen molar-refractivity contribution in [1.29, 1.82) is 0 Å². The molecule has 98 valence electrons. The van der Waals surface area contributed by atoms with E-state index < -0.39 is 5.97 Å². The van der Waals surface area contributed by atoms with Gasteiger partial charge in [-0.05, 0) is 47.8 Å². The highest BCUT2D eigenvalue weighted by Crippen LogP contribution is 2.45. The van der Waals surface area contributed by atoms with E-state index in [9.17, 15) is 14.7 Å². The van der Waals surface area contributed by atoms with Gasteiger partial charge in [-0.25, -0.2) is 4.79 Å². The summed E-state index contributed by atoms with van der Waals surface area (Å²) in [6.45, 7) is 1.37. The second-order valence-corrected chi connectivity index (χ2v) is 5.84. The number of carbonyl (C=O) groups is 2. The van der Waals surface area contributed by atoms with E-state index in [1.165, 1.54) is 18.9 Å². The summed E-state index contributed by atoms with van der Waals surface area (Å²) in [5.41, 5.74) is 6.38. The van der Waals surface area contributed by atoms with E-state index in [-0.39, 0.29) is 26.1 Å². The van der Waals surface area contributed by atoms with E-state index in [0.29, 0.717) is 10.2 Å². The molecule has 0 saturated heterocycles.